The van der Waals surface area contributed by atoms with Crippen molar-refractivity contribution >= 4 is 5.82 Å². The van der Waals surface area contributed by atoms with E-state index in [1.165, 1.54) is 5.56 Å². The molecule has 6 nitrogen and oxygen atoms in total. The van der Waals surface area contributed by atoms with Crippen LogP contribution in [-0.4, -0.2) is 47.0 Å². The zero-order chi connectivity index (χ0) is 22.6. The number of aryl methyl sites for hydroxylation is 1. The van der Waals surface area contributed by atoms with Gasteiger partial charge in [-0.15, -0.1) is 0 Å². The molecule has 32 heavy (non-hydrogen) atoms. The van der Waals surface area contributed by atoms with Crippen LogP contribution >= 0.6 is 0 Å². The molecule has 1 aliphatic rings. The third-order valence-electron chi connectivity index (χ3n) is 6.03. The number of pyridine rings is 1. The van der Waals surface area contributed by atoms with Gasteiger partial charge in [0.2, 0.25) is 0 Å². The van der Waals surface area contributed by atoms with Crippen LogP contribution in [-0.2, 0) is 18.6 Å². The second-order valence-corrected chi connectivity index (χ2v) is 9.22. The highest BCUT2D eigenvalue weighted by Crippen LogP contribution is 2.33. The molecular formula is C26H33N5O. The van der Waals surface area contributed by atoms with E-state index in [4.69, 9.17) is 14.7 Å². The largest absolute Gasteiger partial charge is 0.487 e. The van der Waals surface area contributed by atoms with E-state index in [-0.39, 0.29) is 5.41 Å². The molecule has 1 aromatic carbocycles. The molecule has 0 unspecified atom stereocenters. The fourth-order valence-corrected chi connectivity index (χ4v) is 4.35. The van der Waals surface area contributed by atoms with Crippen LogP contribution in [0.4, 0.5) is 5.82 Å². The topological polar surface area (TPSA) is 54.4 Å². The van der Waals surface area contributed by atoms with Crippen molar-refractivity contribution in [1.82, 2.24) is 19.9 Å². The van der Waals surface area contributed by atoms with Gasteiger partial charge in [-0.25, -0.2) is 9.97 Å². The maximum atomic E-state index is 5.98. The Morgan fingerprint density at radius 1 is 1.09 bits per heavy atom. The summed E-state index contributed by atoms with van der Waals surface area (Å²) in [7, 11) is 4.06. The van der Waals surface area contributed by atoms with Gasteiger partial charge in [0.1, 0.15) is 24.0 Å². The third kappa shape index (κ3) is 5.43. The summed E-state index contributed by atoms with van der Waals surface area (Å²) in [5, 5.41) is 0. The van der Waals surface area contributed by atoms with Crippen LogP contribution in [0.15, 0.2) is 54.7 Å². The Hall–Kier alpha value is -2.99. The first kappa shape index (κ1) is 22.2. The predicted molar refractivity (Wildman–Crippen MR) is 128 cm³/mol. The van der Waals surface area contributed by atoms with E-state index in [9.17, 15) is 0 Å². The van der Waals surface area contributed by atoms with Gasteiger partial charge in [-0.1, -0.05) is 25.1 Å². The molecule has 0 N–H and O–H groups in total. The number of anilines is 1. The van der Waals surface area contributed by atoms with E-state index in [0.29, 0.717) is 6.61 Å². The number of rotatable bonds is 7. The highest BCUT2D eigenvalue weighted by atomic mass is 16.5. The molecule has 1 saturated heterocycles. The molecule has 1 atom stereocenters. The Labute approximate surface area is 191 Å². The van der Waals surface area contributed by atoms with Crippen LogP contribution in [0.25, 0.3) is 0 Å². The first-order valence-corrected chi connectivity index (χ1v) is 11.3. The standard InChI is InChI=1S/C26H33N5O/c1-20-15-24(30(3)4)29-25(28-20)26(2)12-8-14-31(19-26)17-21-9-7-11-23(16-21)32-18-22-10-5-6-13-27-22/h5-7,9-11,13,15-16H,8,12,14,17-19H2,1-4H3/t26-/m1/s1. The maximum Gasteiger partial charge on any atom is 0.138 e. The fraction of sp³-hybridized carbons (Fsp3) is 0.423. The van der Waals surface area contributed by atoms with Gasteiger partial charge in [0.15, 0.2) is 0 Å². The number of nitrogens with zero attached hydrogens (tertiary/aromatic N) is 5. The molecule has 0 spiro atoms. The zero-order valence-electron chi connectivity index (χ0n) is 19.6. The van der Waals surface area contributed by atoms with Crippen molar-refractivity contribution in [2.45, 2.75) is 45.3 Å². The summed E-state index contributed by atoms with van der Waals surface area (Å²) < 4.78 is 5.98. The van der Waals surface area contributed by atoms with Crippen LogP contribution in [0, 0.1) is 6.92 Å². The van der Waals surface area contributed by atoms with Crippen LogP contribution in [0.2, 0.25) is 0 Å². The molecular weight excluding hydrogens is 398 g/mol. The van der Waals surface area contributed by atoms with Crippen LogP contribution < -0.4 is 9.64 Å². The van der Waals surface area contributed by atoms with Crippen molar-refractivity contribution < 1.29 is 4.74 Å². The number of ether oxygens (including phenoxy) is 1. The summed E-state index contributed by atoms with van der Waals surface area (Å²) in [6, 6.07) is 16.3. The van der Waals surface area contributed by atoms with Gasteiger partial charge in [0.25, 0.3) is 0 Å². The highest BCUT2D eigenvalue weighted by molar-refractivity contribution is 5.38. The van der Waals surface area contributed by atoms with E-state index in [0.717, 1.165) is 61.3 Å². The van der Waals surface area contributed by atoms with Gasteiger partial charge >= 0.3 is 0 Å². The molecule has 1 aliphatic heterocycles. The van der Waals surface area contributed by atoms with Crippen molar-refractivity contribution in [2.24, 2.45) is 0 Å². The van der Waals surface area contributed by atoms with E-state index in [1.807, 2.05) is 44.4 Å². The SMILES string of the molecule is Cc1cc(N(C)C)nc([C@]2(C)CCCN(Cc3cccc(OCc4ccccn4)c3)C2)n1. The van der Waals surface area contributed by atoms with Crippen LogP contribution in [0.1, 0.15) is 42.5 Å². The molecule has 0 amide bonds. The molecule has 4 rings (SSSR count). The van der Waals surface area contributed by atoms with Gasteiger partial charge in [-0.3, -0.25) is 9.88 Å². The summed E-state index contributed by atoms with van der Waals surface area (Å²) in [4.78, 5) is 18.6. The fourth-order valence-electron chi connectivity index (χ4n) is 4.35. The Kier molecular flexibility index (Phi) is 6.70. The lowest BCUT2D eigenvalue weighted by Crippen LogP contribution is -2.45. The van der Waals surface area contributed by atoms with Gasteiger partial charge in [0, 0.05) is 50.6 Å². The summed E-state index contributed by atoms with van der Waals surface area (Å²) in [6.45, 7) is 7.76. The van der Waals surface area contributed by atoms with E-state index in [1.54, 1.807) is 6.20 Å². The smallest absolute Gasteiger partial charge is 0.138 e. The number of benzene rings is 1. The maximum absolute atomic E-state index is 5.98. The average molecular weight is 432 g/mol. The van der Waals surface area contributed by atoms with Gasteiger partial charge in [-0.05, 0) is 56.1 Å². The van der Waals surface area contributed by atoms with Gasteiger partial charge in [0.05, 0.1) is 5.69 Å². The normalized spacial score (nSPS) is 19.0. The number of aromatic nitrogens is 3. The monoisotopic (exact) mass is 431 g/mol. The van der Waals surface area contributed by atoms with E-state index < -0.39 is 0 Å². The highest BCUT2D eigenvalue weighted by Gasteiger charge is 2.35. The summed E-state index contributed by atoms with van der Waals surface area (Å²) in [5.74, 6) is 2.81. The van der Waals surface area contributed by atoms with Gasteiger partial charge < -0.3 is 9.64 Å². The lowest BCUT2D eigenvalue weighted by Gasteiger charge is -2.39. The molecule has 2 aromatic heterocycles. The van der Waals surface area contributed by atoms with E-state index >= 15 is 0 Å². The Balaban J connectivity index is 1.44. The van der Waals surface area contributed by atoms with E-state index in [2.05, 4.69) is 46.8 Å². The second-order valence-electron chi connectivity index (χ2n) is 9.22. The Morgan fingerprint density at radius 2 is 1.97 bits per heavy atom. The predicted octanol–water partition coefficient (Wildman–Crippen LogP) is 4.38. The first-order valence-electron chi connectivity index (χ1n) is 11.3. The second kappa shape index (κ2) is 9.65. The summed E-state index contributed by atoms with van der Waals surface area (Å²) >= 11 is 0. The zero-order valence-corrected chi connectivity index (χ0v) is 19.6. The average Bonchev–Trinajstić information content (AvgIpc) is 2.78. The van der Waals surface area contributed by atoms with Crippen molar-refractivity contribution in [3.63, 3.8) is 0 Å². The molecule has 6 heteroatoms. The number of hydrogen-bond acceptors (Lipinski definition) is 6. The van der Waals surface area contributed by atoms with Crippen molar-refractivity contribution in [1.29, 1.82) is 0 Å². The molecule has 3 aromatic rings. The lowest BCUT2D eigenvalue weighted by molar-refractivity contribution is 0.144. The first-order chi connectivity index (χ1) is 15.4. The molecule has 1 fully saturated rings. The molecule has 3 heterocycles. The molecule has 0 aliphatic carbocycles. The Morgan fingerprint density at radius 3 is 2.75 bits per heavy atom. The number of likely N-dealkylation sites (tertiary alicyclic amines) is 1. The lowest BCUT2D eigenvalue weighted by atomic mass is 9.80. The van der Waals surface area contributed by atoms with Gasteiger partial charge in [-0.2, -0.15) is 0 Å². The quantitative estimate of drug-likeness (QED) is 0.553. The Bertz CT molecular complexity index is 1040. The molecule has 0 saturated carbocycles. The minimum atomic E-state index is -0.0535. The van der Waals surface area contributed by atoms with Crippen molar-refractivity contribution in [3.8, 4) is 5.75 Å². The van der Waals surface area contributed by atoms with Crippen LogP contribution in [0.5, 0.6) is 5.75 Å². The minimum Gasteiger partial charge on any atom is -0.487 e. The molecule has 0 radical (unpaired) electrons. The van der Waals surface area contributed by atoms with Crippen LogP contribution in [0.3, 0.4) is 0 Å². The summed E-state index contributed by atoms with van der Waals surface area (Å²) in [5.41, 5.74) is 3.16. The van der Waals surface area contributed by atoms with Crippen molar-refractivity contribution in [3.05, 3.63) is 77.5 Å². The number of piperidine rings is 1. The minimum absolute atomic E-state index is 0.0535. The number of hydrogen-bond donors (Lipinski definition) is 0. The molecule has 168 valence electrons. The summed E-state index contributed by atoms with van der Waals surface area (Å²) in [6.07, 6.45) is 4.04. The third-order valence-corrected chi connectivity index (χ3v) is 6.03. The van der Waals surface area contributed by atoms with Crippen molar-refractivity contribution in [2.75, 3.05) is 32.1 Å². The molecule has 0 bridgehead atoms.